The minimum atomic E-state index is -0.464. The maximum atomic E-state index is 13.2. The number of hydrogen-bond donors (Lipinski definition) is 1. The lowest BCUT2D eigenvalue weighted by Crippen LogP contribution is -2.43. The second-order valence-corrected chi connectivity index (χ2v) is 9.23. The van der Waals surface area contributed by atoms with Crippen LogP contribution in [0.3, 0.4) is 0 Å². The van der Waals surface area contributed by atoms with Crippen LogP contribution in [-0.4, -0.2) is 29.7 Å². The normalized spacial score (nSPS) is 29.8. The maximum absolute atomic E-state index is 13.2. The van der Waals surface area contributed by atoms with Crippen molar-refractivity contribution in [1.29, 1.82) is 0 Å². The van der Waals surface area contributed by atoms with Crippen LogP contribution in [-0.2, 0) is 16.0 Å². The van der Waals surface area contributed by atoms with Crippen molar-refractivity contribution < 1.29 is 9.59 Å². The summed E-state index contributed by atoms with van der Waals surface area (Å²) >= 11 is 6.09. The summed E-state index contributed by atoms with van der Waals surface area (Å²) in [5.41, 5.74) is 8.06. The molecule has 0 aromatic heterocycles. The Morgan fingerprint density at radius 3 is 2.85 bits per heavy atom. The molecule has 1 saturated heterocycles. The average molecular weight is 373 g/mol. The van der Waals surface area contributed by atoms with Gasteiger partial charge in [0, 0.05) is 28.9 Å². The molecule has 5 heteroatoms. The number of carbonyl (C=O) groups excluding carboxylic acids is 2. The molecule has 1 fully saturated rings. The molecule has 2 aliphatic carbocycles. The lowest BCUT2D eigenvalue weighted by Gasteiger charge is -2.39. The highest BCUT2D eigenvalue weighted by Crippen LogP contribution is 2.48. The number of amides is 1. The highest BCUT2D eigenvalue weighted by molar-refractivity contribution is 6.30. The number of hydrogen-bond acceptors (Lipinski definition) is 3. The molecular formula is C21H25ClN2O2. The number of allylic oxidation sites excluding steroid dienone is 1. The highest BCUT2D eigenvalue weighted by atomic mass is 35.5. The molecule has 26 heavy (non-hydrogen) atoms. The summed E-state index contributed by atoms with van der Waals surface area (Å²) in [7, 11) is 0. The van der Waals surface area contributed by atoms with E-state index in [0.717, 1.165) is 42.8 Å². The Morgan fingerprint density at radius 1 is 1.35 bits per heavy atom. The molecule has 0 saturated carbocycles. The average Bonchev–Trinajstić information content (AvgIpc) is 3.16. The number of fused-ring (bicyclic) bond motifs is 1. The summed E-state index contributed by atoms with van der Waals surface area (Å²) in [4.78, 5) is 27.5. The van der Waals surface area contributed by atoms with E-state index < -0.39 is 5.41 Å². The van der Waals surface area contributed by atoms with E-state index in [1.165, 1.54) is 5.56 Å². The molecule has 1 aliphatic heterocycles. The van der Waals surface area contributed by atoms with Crippen molar-refractivity contribution in [2.75, 3.05) is 13.1 Å². The standard InChI is InChI=1S/C21H25ClN2O2/c1-20(2)11-21(10-17(23)18(20)25)7-8-24(12-21)19(26)16-5-3-13-9-14(22)4-6-15(13)16/h4,6,9-10,16H,3,5,7-8,11-12,23H2,1-2H3/t16?,21-/m1/s1. The smallest absolute Gasteiger partial charge is 0.230 e. The van der Waals surface area contributed by atoms with Crippen LogP contribution in [0.15, 0.2) is 30.0 Å². The number of likely N-dealkylation sites (tertiary alicyclic amines) is 1. The van der Waals surface area contributed by atoms with Gasteiger partial charge in [-0.1, -0.05) is 31.5 Å². The van der Waals surface area contributed by atoms with Gasteiger partial charge in [0.2, 0.25) is 5.91 Å². The fraction of sp³-hybridized carbons (Fsp3) is 0.524. The number of Topliss-reactive ketones (excluding diaryl/α,β-unsaturated/α-hetero) is 1. The molecule has 1 unspecified atom stereocenters. The third-order valence-corrected chi connectivity index (χ3v) is 6.55. The van der Waals surface area contributed by atoms with Gasteiger partial charge < -0.3 is 10.6 Å². The number of aryl methyl sites for hydroxylation is 1. The van der Waals surface area contributed by atoms with Gasteiger partial charge in [0.05, 0.1) is 11.6 Å². The summed E-state index contributed by atoms with van der Waals surface area (Å²) in [5, 5.41) is 0.728. The van der Waals surface area contributed by atoms with Gasteiger partial charge in [0.15, 0.2) is 5.78 Å². The second kappa shape index (κ2) is 5.85. The molecule has 2 atom stereocenters. The van der Waals surface area contributed by atoms with Crippen molar-refractivity contribution >= 4 is 23.3 Å². The van der Waals surface area contributed by atoms with Crippen LogP contribution in [0.5, 0.6) is 0 Å². The number of rotatable bonds is 1. The second-order valence-electron chi connectivity index (χ2n) is 8.80. The Hall–Kier alpha value is -1.81. The summed E-state index contributed by atoms with van der Waals surface area (Å²) in [5.74, 6) is 0.149. The largest absolute Gasteiger partial charge is 0.396 e. The first-order valence-corrected chi connectivity index (χ1v) is 9.69. The Balaban J connectivity index is 1.55. The van der Waals surface area contributed by atoms with E-state index >= 15 is 0 Å². The number of nitrogens with two attached hydrogens (primary N) is 1. The zero-order valence-corrected chi connectivity index (χ0v) is 16.1. The van der Waals surface area contributed by atoms with Gasteiger partial charge >= 0.3 is 0 Å². The number of halogens is 1. The molecule has 3 aliphatic rings. The van der Waals surface area contributed by atoms with Crippen LogP contribution in [0.1, 0.15) is 50.2 Å². The molecule has 2 N–H and O–H groups in total. The lowest BCUT2D eigenvalue weighted by molar-refractivity contribution is -0.132. The third-order valence-electron chi connectivity index (χ3n) is 6.31. The predicted octanol–water partition coefficient (Wildman–Crippen LogP) is 3.43. The first kappa shape index (κ1) is 17.6. The van der Waals surface area contributed by atoms with E-state index in [1.54, 1.807) is 0 Å². The zero-order valence-electron chi connectivity index (χ0n) is 15.3. The van der Waals surface area contributed by atoms with Crippen LogP contribution in [0.4, 0.5) is 0 Å². The first-order chi connectivity index (χ1) is 12.2. The van der Waals surface area contributed by atoms with Crippen LogP contribution in [0, 0.1) is 10.8 Å². The van der Waals surface area contributed by atoms with Crippen LogP contribution in [0.2, 0.25) is 5.02 Å². The molecule has 0 bridgehead atoms. The van der Waals surface area contributed by atoms with E-state index in [-0.39, 0.29) is 23.0 Å². The predicted molar refractivity (Wildman–Crippen MR) is 102 cm³/mol. The molecule has 0 radical (unpaired) electrons. The summed E-state index contributed by atoms with van der Waals surface area (Å²) in [6.45, 7) is 5.30. The van der Waals surface area contributed by atoms with Gasteiger partial charge in [-0.15, -0.1) is 0 Å². The summed E-state index contributed by atoms with van der Waals surface area (Å²) < 4.78 is 0. The molecule has 4 rings (SSSR count). The third kappa shape index (κ3) is 2.75. The van der Waals surface area contributed by atoms with Crippen molar-refractivity contribution in [1.82, 2.24) is 4.90 Å². The molecule has 138 valence electrons. The molecule has 4 nitrogen and oxygen atoms in total. The molecule has 1 amide bonds. The van der Waals surface area contributed by atoms with E-state index in [4.69, 9.17) is 17.3 Å². The summed E-state index contributed by atoms with van der Waals surface area (Å²) in [6, 6.07) is 5.85. The van der Waals surface area contributed by atoms with E-state index in [2.05, 4.69) is 0 Å². The van der Waals surface area contributed by atoms with Crippen molar-refractivity contribution in [3.8, 4) is 0 Å². The molecule has 1 aromatic rings. The van der Waals surface area contributed by atoms with Crippen LogP contribution >= 0.6 is 11.6 Å². The Bertz CT molecular complexity index is 829. The van der Waals surface area contributed by atoms with Gasteiger partial charge in [-0.3, -0.25) is 9.59 Å². The molecular weight excluding hydrogens is 348 g/mol. The minimum absolute atomic E-state index is 0.0227. The maximum Gasteiger partial charge on any atom is 0.230 e. The quantitative estimate of drug-likeness (QED) is 0.821. The number of ketones is 1. The van der Waals surface area contributed by atoms with Gasteiger partial charge in [0.25, 0.3) is 0 Å². The Morgan fingerprint density at radius 2 is 2.12 bits per heavy atom. The molecule has 1 spiro atoms. The van der Waals surface area contributed by atoms with Gasteiger partial charge in [0.1, 0.15) is 0 Å². The molecule has 1 heterocycles. The number of carbonyl (C=O) groups is 2. The van der Waals surface area contributed by atoms with Gasteiger partial charge in [-0.05, 0) is 55.0 Å². The number of nitrogens with zero attached hydrogens (tertiary/aromatic N) is 1. The molecule has 1 aromatic carbocycles. The number of benzene rings is 1. The van der Waals surface area contributed by atoms with Crippen molar-refractivity contribution in [2.24, 2.45) is 16.6 Å². The van der Waals surface area contributed by atoms with Crippen LogP contribution < -0.4 is 5.73 Å². The van der Waals surface area contributed by atoms with Crippen molar-refractivity contribution in [3.05, 3.63) is 46.1 Å². The zero-order chi connectivity index (χ0) is 18.7. The van der Waals surface area contributed by atoms with Gasteiger partial charge in [-0.25, -0.2) is 0 Å². The van der Waals surface area contributed by atoms with Gasteiger partial charge in [-0.2, -0.15) is 0 Å². The van der Waals surface area contributed by atoms with Crippen molar-refractivity contribution in [3.63, 3.8) is 0 Å². The SMILES string of the molecule is CC1(C)C[C@]2(C=C(N)C1=O)CCN(C(=O)C1CCc3cc(Cl)ccc31)C2. The fourth-order valence-corrected chi connectivity index (χ4v) is 5.40. The van der Waals surface area contributed by atoms with E-state index in [9.17, 15) is 9.59 Å². The monoisotopic (exact) mass is 372 g/mol. The van der Waals surface area contributed by atoms with E-state index in [0.29, 0.717) is 12.2 Å². The van der Waals surface area contributed by atoms with Crippen molar-refractivity contribution in [2.45, 2.75) is 45.4 Å². The minimum Gasteiger partial charge on any atom is -0.396 e. The first-order valence-electron chi connectivity index (χ1n) is 9.31. The van der Waals surface area contributed by atoms with Crippen LogP contribution in [0.25, 0.3) is 0 Å². The summed E-state index contributed by atoms with van der Waals surface area (Å²) in [6.07, 6.45) is 5.30. The Kier molecular flexibility index (Phi) is 3.96. The highest BCUT2D eigenvalue weighted by Gasteiger charge is 2.49. The lowest BCUT2D eigenvalue weighted by atomic mass is 9.65. The van der Waals surface area contributed by atoms with E-state index in [1.807, 2.05) is 43.0 Å². The Labute approximate surface area is 159 Å². The topological polar surface area (TPSA) is 63.4 Å². The fourth-order valence-electron chi connectivity index (χ4n) is 5.21.